The maximum absolute atomic E-state index is 12.4. The molecule has 0 saturated carbocycles. The molecule has 0 aliphatic carbocycles. The fraction of sp³-hybridized carbons (Fsp3) is 0.400. The van der Waals surface area contributed by atoms with Crippen LogP contribution in [0.3, 0.4) is 0 Å². The lowest BCUT2D eigenvalue weighted by Crippen LogP contribution is -2.50. The summed E-state index contributed by atoms with van der Waals surface area (Å²) in [5.41, 5.74) is 1.93. The summed E-state index contributed by atoms with van der Waals surface area (Å²) in [5.74, 6) is -0.444. The third-order valence-electron chi connectivity index (χ3n) is 3.93. The molecule has 0 spiro atoms. The summed E-state index contributed by atoms with van der Waals surface area (Å²) in [6, 6.07) is 5.97. The second-order valence-corrected chi connectivity index (χ2v) is 6.03. The average molecular weight is 336 g/mol. The van der Waals surface area contributed by atoms with Crippen LogP contribution in [0, 0.1) is 0 Å². The highest BCUT2D eigenvalue weighted by Gasteiger charge is 2.49. The monoisotopic (exact) mass is 336 g/mol. The van der Waals surface area contributed by atoms with Gasteiger partial charge < -0.3 is 10.6 Å². The third-order valence-corrected chi connectivity index (χ3v) is 4.67. The number of nitrogens with zero attached hydrogens (tertiary/aromatic N) is 1. The van der Waals surface area contributed by atoms with Crippen molar-refractivity contribution >= 4 is 35.4 Å². The van der Waals surface area contributed by atoms with Crippen LogP contribution in [-0.4, -0.2) is 34.8 Å². The molecule has 0 aromatic heterocycles. The van der Waals surface area contributed by atoms with E-state index in [9.17, 15) is 14.4 Å². The summed E-state index contributed by atoms with van der Waals surface area (Å²) in [4.78, 5) is 37.4. The van der Waals surface area contributed by atoms with E-state index in [4.69, 9.17) is 0 Å². The second-order valence-electron chi connectivity index (χ2n) is 5.15. The van der Waals surface area contributed by atoms with Crippen LogP contribution in [0.1, 0.15) is 26.7 Å². The minimum absolute atomic E-state index is 0.444. The Morgan fingerprint density at radius 1 is 1.22 bits per heavy atom. The number of hydrogen-bond acceptors (Lipinski definition) is 4. The summed E-state index contributed by atoms with van der Waals surface area (Å²) >= 11 is 1.59. The summed E-state index contributed by atoms with van der Waals surface area (Å²) in [6.07, 6.45) is 2.88. The van der Waals surface area contributed by atoms with Gasteiger partial charge in [0.15, 0.2) is 0 Å². The van der Waals surface area contributed by atoms with Gasteiger partial charge in [0, 0.05) is 10.6 Å². The molecule has 7 nitrogen and oxygen atoms in total. The maximum atomic E-state index is 12.4. The zero-order valence-electron chi connectivity index (χ0n) is 13.3. The number of anilines is 1. The van der Waals surface area contributed by atoms with Gasteiger partial charge in [0.25, 0.3) is 5.91 Å². The van der Waals surface area contributed by atoms with Gasteiger partial charge in [-0.2, -0.15) is 5.01 Å². The fourth-order valence-electron chi connectivity index (χ4n) is 2.39. The van der Waals surface area contributed by atoms with E-state index in [-0.39, 0.29) is 0 Å². The largest absolute Gasteiger partial charge is 0.344 e. The predicted molar refractivity (Wildman–Crippen MR) is 89.1 cm³/mol. The van der Waals surface area contributed by atoms with Gasteiger partial charge in [0.05, 0.1) is 0 Å². The first-order valence-electron chi connectivity index (χ1n) is 7.34. The molecular formula is C15H20N4O3S. The molecule has 2 rings (SSSR count). The van der Waals surface area contributed by atoms with Crippen molar-refractivity contribution in [3.8, 4) is 0 Å². The van der Waals surface area contributed by atoms with Crippen LogP contribution in [0.2, 0.25) is 0 Å². The highest BCUT2D eigenvalue weighted by atomic mass is 32.2. The van der Waals surface area contributed by atoms with Gasteiger partial charge in [0.1, 0.15) is 5.54 Å². The number of nitrogens with one attached hydrogen (secondary N) is 3. The van der Waals surface area contributed by atoms with Crippen molar-refractivity contribution < 1.29 is 14.4 Å². The molecule has 23 heavy (non-hydrogen) atoms. The molecular weight excluding hydrogens is 316 g/mol. The number of hydrogen-bond donors (Lipinski definition) is 3. The van der Waals surface area contributed by atoms with Crippen LogP contribution in [-0.2, 0) is 4.79 Å². The number of imide groups is 1. The standard InChI is InChI=1S/C15H20N4O3S/c1-4-15(5-2)12(20)19(14(22)17-15)18-13(21)16-10-6-8-11(23-3)9-7-10/h6-9H,4-5H2,1-3H3,(H,17,22)(H2,16,18,21). The van der Waals surface area contributed by atoms with E-state index in [0.29, 0.717) is 18.5 Å². The van der Waals surface area contributed by atoms with Crippen LogP contribution >= 0.6 is 11.8 Å². The lowest BCUT2D eigenvalue weighted by atomic mass is 9.93. The van der Waals surface area contributed by atoms with Gasteiger partial charge in [-0.1, -0.05) is 13.8 Å². The second kappa shape index (κ2) is 6.91. The van der Waals surface area contributed by atoms with E-state index < -0.39 is 23.5 Å². The van der Waals surface area contributed by atoms with Crippen LogP contribution in [0.4, 0.5) is 15.3 Å². The molecule has 1 aliphatic rings. The Bertz CT molecular complexity index is 614. The highest BCUT2D eigenvalue weighted by Crippen LogP contribution is 2.23. The van der Waals surface area contributed by atoms with E-state index in [1.807, 2.05) is 32.2 Å². The van der Waals surface area contributed by atoms with Crippen LogP contribution in [0.15, 0.2) is 29.2 Å². The van der Waals surface area contributed by atoms with E-state index in [0.717, 1.165) is 9.90 Å². The van der Waals surface area contributed by atoms with Crippen molar-refractivity contribution in [1.29, 1.82) is 0 Å². The molecule has 1 heterocycles. The summed E-state index contributed by atoms with van der Waals surface area (Å²) in [7, 11) is 0. The van der Waals surface area contributed by atoms with Crippen molar-refractivity contribution in [3.63, 3.8) is 0 Å². The first kappa shape index (κ1) is 17.1. The molecule has 0 bridgehead atoms. The number of urea groups is 2. The van der Waals surface area contributed by atoms with E-state index in [1.165, 1.54) is 0 Å². The van der Waals surface area contributed by atoms with Crippen LogP contribution in [0.5, 0.6) is 0 Å². The lowest BCUT2D eigenvalue weighted by molar-refractivity contribution is -0.133. The molecule has 5 amide bonds. The molecule has 1 fully saturated rings. The Kier molecular flexibility index (Phi) is 5.15. The normalized spacial score (nSPS) is 16.2. The summed E-state index contributed by atoms with van der Waals surface area (Å²) in [5, 5.41) is 5.97. The fourth-order valence-corrected chi connectivity index (χ4v) is 2.79. The zero-order valence-corrected chi connectivity index (χ0v) is 14.1. The van der Waals surface area contributed by atoms with Crippen LogP contribution < -0.4 is 16.1 Å². The van der Waals surface area contributed by atoms with E-state index >= 15 is 0 Å². The average Bonchev–Trinajstić information content (AvgIpc) is 2.80. The van der Waals surface area contributed by atoms with Crippen molar-refractivity contribution in [3.05, 3.63) is 24.3 Å². The molecule has 124 valence electrons. The summed E-state index contributed by atoms with van der Waals surface area (Å²) in [6.45, 7) is 3.64. The predicted octanol–water partition coefficient (Wildman–Crippen LogP) is 2.56. The van der Waals surface area contributed by atoms with Gasteiger partial charge in [0.2, 0.25) is 0 Å². The minimum atomic E-state index is -0.940. The molecule has 8 heteroatoms. The molecule has 0 unspecified atom stereocenters. The number of carbonyl (C=O) groups excluding carboxylic acids is 3. The van der Waals surface area contributed by atoms with Gasteiger partial charge in [-0.15, -0.1) is 11.8 Å². The first-order valence-corrected chi connectivity index (χ1v) is 8.56. The lowest BCUT2D eigenvalue weighted by Gasteiger charge is -2.23. The quantitative estimate of drug-likeness (QED) is 0.569. The maximum Gasteiger partial charge on any atom is 0.344 e. The minimum Gasteiger partial charge on any atom is -0.322 e. The Morgan fingerprint density at radius 3 is 2.30 bits per heavy atom. The molecule has 0 atom stereocenters. The molecule has 1 saturated heterocycles. The summed E-state index contributed by atoms with van der Waals surface area (Å²) < 4.78 is 0. The van der Waals surface area contributed by atoms with Gasteiger partial charge in [-0.3, -0.25) is 4.79 Å². The molecule has 1 aromatic carbocycles. The van der Waals surface area contributed by atoms with Crippen molar-refractivity contribution in [2.75, 3.05) is 11.6 Å². The number of hydrazine groups is 1. The Balaban J connectivity index is 2.02. The highest BCUT2D eigenvalue weighted by molar-refractivity contribution is 7.98. The van der Waals surface area contributed by atoms with Crippen molar-refractivity contribution in [1.82, 2.24) is 15.8 Å². The molecule has 0 radical (unpaired) electrons. The smallest absolute Gasteiger partial charge is 0.322 e. The Morgan fingerprint density at radius 2 is 1.83 bits per heavy atom. The number of amides is 5. The van der Waals surface area contributed by atoms with Gasteiger partial charge in [-0.05, 0) is 43.4 Å². The number of benzene rings is 1. The molecule has 1 aliphatic heterocycles. The zero-order chi connectivity index (χ0) is 17.0. The van der Waals surface area contributed by atoms with E-state index in [1.54, 1.807) is 23.9 Å². The Hall–Kier alpha value is -2.22. The topological polar surface area (TPSA) is 90.5 Å². The molecule has 1 aromatic rings. The number of carbonyl (C=O) groups is 3. The number of thioether (sulfide) groups is 1. The van der Waals surface area contributed by atoms with Crippen molar-refractivity contribution in [2.24, 2.45) is 0 Å². The van der Waals surface area contributed by atoms with Crippen LogP contribution in [0.25, 0.3) is 0 Å². The Labute approximate surface area is 139 Å². The SMILES string of the molecule is CCC1(CC)NC(=O)N(NC(=O)Nc2ccc(SC)cc2)C1=O. The first-order chi connectivity index (χ1) is 11.0. The van der Waals surface area contributed by atoms with E-state index in [2.05, 4.69) is 16.1 Å². The number of rotatable bonds is 5. The van der Waals surface area contributed by atoms with Crippen molar-refractivity contribution in [2.45, 2.75) is 37.1 Å². The van der Waals surface area contributed by atoms with Gasteiger partial charge in [-0.25, -0.2) is 15.0 Å². The van der Waals surface area contributed by atoms with Gasteiger partial charge >= 0.3 is 12.1 Å². The molecule has 3 N–H and O–H groups in total. The third kappa shape index (κ3) is 3.42.